The molecular weight excluding hydrogens is 388 g/mol. The lowest BCUT2D eigenvalue weighted by molar-refractivity contribution is 0.247. The van der Waals surface area contributed by atoms with Gasteiger partial charge in [0, 0.05) is 41.4 Å². The van der Waals surface area contributed by atoms with Crippen LogP contribution in [0.15, 0.2) is 28.7 Å². The Balaban J connectivity index is 1.61. The van der Waals surface area contributed by atoms with Crippen LogP contribution in [0.1, 0.15) is 30.0 Å². The third-order valence-electron chi connectivity index (χ3n) is 3.77. The second-order valence-corrected chi connectivity index (χ2v) is 8.23. The van der Waals surface area contributed by atoms with Crippen molar-refractivity contribution < 1.29 is 4.79 Å². The second-order valence-electron chi connectivity index (χ2n) is 6.23. The molecule has 0 spiro atoms. The van der Waals surface area contributed by atoms with Gasteiger partial charge in [-0.15, -0.1) is 11.3 Å². The van der Waals surface area contributed by atoms with Crippen molar-refractivity contribution in [1.82, 2.24) is 15.2 Å². The van der Waals surface area contributed by atoms with Crippen molar-refractivity contribution in [2.24, 2.45) is 0 Å². The smallest absolute Gasteiger partial charge is 0.321 e. The third kappa shape index (κ3) is 4.55. The van der Waals surface area contributed by atoms with Crippen LogP contribution in [0.5, 0.6) is 0 Å². The molecule has 0 bridgehead atoms. The Kier molecular flexibility index (Phi) is 5.53. The molecule has 1 aliphatic heterocycles. The Morgan fingerprint density at radius 1 is 1.38 bits per heavy atom. The van der Waals surface area contributed by atoms with Crippen molar-refractivity contribution in [2.45, 2.75) is 39.4 Å². The molecule has 0 saturated carbocycles. The van der Waals surface area contributed by atoms with Crippen molar-refractivity contribution in [3.8, 4) is 0 Å². The molecule has 1 aliphatic rings. The summed E-state index contributed by atoms with van der Waals surface area (Å²) < 4.78 is 1.10. The van der Waals surface area contributed by atoms with E-state index < -0.39 is 0 Å². The number of anilines is 1. The Bertz CT molecular complexity index is 714. The third-order valence-corrected chi connectivity index (χ3v) is 5.30. The Morgan fingerprint density at radius 3 is 2.83 bits per heavy atom. The van der Waals surface area contributed by atoms with Crippen LogP contribution in [0.2, 0.25) is 0 Å². The molecule has 0 fully saturated rings. The van der Waals surface area contributed by atoms with E-state index in [1.54, 1.807) is 11.3 Å². The number of nitrogens with zero attached hydrogens (tertiary/aromatic N) is 2. The normalized spacial score (nSPS) is 14.5. The van der Waals surface area contributed by atoms with E-state index in [1.807, 2.05) is 13.8 Å². The molecule has 7 heteroatoms. The molecule has 128 valence electrons. The minimum Gasteiger partial charge on any atom is -0.336 e. The monoisotopic (exact) mass is 408 g/mol. The summed E-state index contributed by atoms with van der Waals surface area (Å²) >= 11 is 5.04. The van der Waals surface area contributed by atoms with E-state index in [-0.39, 0.29) is 12.1 Å². The number of hydrogen-bond donors (Lipinski definition) is 2. The van der Waals surface area contributed by atoms with Crippen LogP contribution in [0.25, 0.3) is 0 Å². The van der Waals surface area contributed by atoms with E-state index in [4.69, 9.17) is 0 Å². The number of nitrogens with one attached hydrogen (secondary N) is 2. The predicted molar refractivity (Wildman–Crippen MR) is 101 cm³/mol. The van der Waals surface area contributed by atoms with Crippen LogP contribution in [-0.2, 0) is 19.5 Å². The molecule has 1 aromatic carbocycles. The lowest BCUT2D eigenvalue weighted by atomic mass is 10.1. The van der Waals surface area contributed by atoms with Crippen LogP contribution in [0, 0.1) is 0 Å². The van der Waals surface area contributed by atoms with E-state index in [0.29, 0.717) is 5.13 Å². The number of rotatable bonds is 4. The van der Waals surface area contributed by atoms with Gasteiger partial charge in [0.25, 0.3) is 0 Å². The molecular formula is C17H21BrN4OS. The van der Waals surface area contributed by atoms with Crippen molar-refractivity contribution in [3.05, 3.63) is 44.9 Å². The first-order valence-electron chi connectivity index (χ1n) is 8.02. The lowest BCUT2D eigenvalue weighted by Crippen LogP contribution is -2.34. The number of hydrogen-bond acceptors (Lipinski definition) is 4. The Labute approximate surface area is 154 Å². The van der Waals surface area contributed by atoms with Gasteiger partial charge in [0.2, 0.25) is 0 Å². The minimum atomic E-state index is -0.192. The molecule has 2 aromatic rings. The van der Waals surface area contributed by atoms with E-state index in [9.17, 15) is 4.79 Å². The molecule has 0 saturated heterocycles. The van der Waals surface area contributed by atoms with Gasteiger partial charge in [0.05, 0.1) is 5.69 Å². The lowest BCUT2D eigenvalue weighted by Gasteiger charge is -2.25. The topological polar surface area (TPSA) is 57.3 Å². The molecule has 2 heterocycles. The van der Waals surface area contributed by atoms with Crippen LogP contribution >= 0.6 is 27.3 Å². The summed E-state index contributed by atoms with van der Waals surface area (Å²) in [6, 6.07) is 8.37. The SMILES string of the molecule is CC(C)NC(=O)Nc1nc2c(s1)CN(Cc1ccc(Br)cc1)CC2. The van der Waals surface area contributed by atoms with Crippen LogP contribution in [0.4, 0.5) is 9.93 Å². The van der Waals surface area contributed by atoms with Crippen molar-refractivity contribution >= 4 is 38.4 Å². The van der Waals surface area contributed by atoms with Crippen LogP contribution in [0.3, 0.4) is 0 Å². The molecule has 1 aromatic heterocycles. The highest BCUT2D eigenvalue weighted by atomic mass is 79.9. The molecule has 3 rings (SSSR count). The van der Waals surface area contributed by atoms with Crippen molar-refractivity contribution in [2.75, 3.05) is 11.9 Å². The highest BCUT2D eigenvalue weighted by Gasteiger charge is 2.21. The van der Waals surface area contributed by atoms with Crippen molar-refractivity contribution in [1.29, 1.82) is 0 Å². The number of carbonyl (C=O) groups excluding carboxylic acids is 1. The minimum absolute atomic E-state index is 0.112. The Morgan fingerprint density at radius 2 is 2.12 bits per heavy atom. The maximum Gasteiger partial charge on any atom is 0.321 e. The number of aromatic nitrogens is 1. The first kappa shape index (κ1) is 17.4. The zero-order chi connectivity index (χ0) is 17.1. The summed E-state index contributed by atoms with van der Waals surface area (Å²) in [5.74, 6) is 0. The molecule has 2 amide bonds. The number of benzene rings is 1. The maximum absolute atomic E-state index is 11.8. The van der Waals surface area contributed by atoms with E-state index in [0.717, 1.165) is 36.2 Å². The largest absolute Gasteiger partial charge is 0.336 e. The van der Waals surface area contributed by atoms with E-state index in [2.05, 4.69) is 60.7 Å². The maximum atomic E-state index is 11.8. The summed E-state index contributed by atoms with van der Waals surface area (Å²) in [6.45, 7) is 6.68. The molecule has 24 heavy (non-hydrogen) atoms. The standard InChI is InChI=1S/C17H21BrN4OS/c1-11(2)19-16(23)21-17-20-14-7-8-22(10-15(14)24-17)9-12-3-5-13(18)6-4-12/h3-6,11H,7-10H2,1-2H3,(H2,19,20,21,23). The fourth-order valence-corrected chi connectivity index (χ4v) is 3.99. The summed E-state index contributed by atoms with van der Waals surface area (Å²) in [5.41, 5.74) is 2.42. The quantitative estimate of drug-likeness (QED) is 0.803. The van der Waals surface area contributed by atoms with E-state index >= 15 is 0 Å². The van der Waals surface area contributed by atoms with Gasteiger partial charge < -0.3 is 5.32 Å². The van der Waals surface area contributed by atoms with Gasteiger partial charge in [0.15, 0.2) is 5.13 Å². The van der Waals surface area contributed by atoms with Gasteiger partial charge >= 0.3 is 6.03 Å². The van der Waals surface area contributed by atoms with Crippen LogP contribution < -0.4 is 10.6 Å². The number of amides is 2. The number of fused-ring (bicyclic) bond motifs is 1. The molecule has 0 unspecified atom stereocenters. The summed E-state index contributed by atoms with van der Waals surface area (Å²) in [5, 5.41) is 6.34. The molecule has 0 aliphatic carbocycles. The highest BCUT2D eigenvalue weighted by molar-refractivity contribution is 9.10. The van der Waals surface area contributed by atoms with Gasteiger partial charge in [-0.2, -0.15) is 0 Å². The van der Waals surface area contributed by atoms with E-state index in [1.165, 1.54) is 10.4 Å². The van der Waals surface area contributed by atoms with Gasteiger partial charge in [0.1, 0.15) is 0 Å². The summed E-state index contributed by atoms with van der Waals surface area (Å²) in [7, 11) is 0. The number of halogens is 1. The highest BCUT2D eigenvalue weighted by Crippen LogP contribution is 2.29. The summed E-state index contributed by atoms with van der Waals surface area (Å²) in [4.78, 5) is 20.0. The number of carbonyl (C=O) groups is 1. The fraction of sp³-hybridized carbons (Fsp3) is 0.412. The molecule has 0 atom stereocenters. The average Bonchev–Trinajstić information content (AvgIpc) is 2.90. The number of urea groups is 1. The zero-order valence-electron chi connectivity index (χ0n) is 13.8. The van der Waals surface area contributed by atoms with Gasteiger partial charge in [-0.25, -0.2) is 9.78 Å². The Hall–Kier alpha value is -1.44. The molecule has 2 N–H and O–H groups in total. The predicted octanol–water partition coefficient (Wildman–Crippen LogP) is 3.99. The van der Waals surface area contributed by atoms with Crippen LogP contribution in [-0.4, -0.2) is 28.5 Å². The first-order valence-corrected chi connectivity index (χ1v) is 9.63. The molecule has 0 radical (unpaired) electrons. The molecule has 5 nitrogen and oxygen atoms in total. The average molecular weight is 409 g/mol. The second kappa shape index (κ2) is 7.63. The summed E-state index contributed by atoms with van der Waals surface area (Å²) in [6.07, 6.45) is 0.926. The van der Waals surface area contributed by atoms with Crippen molar-refractivity contribution in [3.63, 3.8) is 0 Å². The zero-order valence-corrected chi connectivity index (χ0v) is 16.2. The number of thiazole rings is 1. The van der Waals surface area contributed by atoms with Gasteiger partial charge in [-0.05, 0) is 31.5 Å². The van der Waals surface area contributed by atoms with Gasteiger partial charge in [-0.1, -0.05) is 28.1 Å². The fourth-order valence-electron chi connectivity index (χ4n) is 2.68. The van der Waals surface area contributed by atoms with Gasteiger partial charge in [-0.3, -0.25) is 10.2 Å². The first-order chi connectivity index (χ1) is 11.5.